The summed E-state index contributed by atoms with van der Waals surface area (Å²) in [4.78, 5) is 1.15. The van der Waals surface area contributed by atoms with E-state index in [0.717, 1.165) is 14.8 Å². The van der Waals surface area contributed by atoms with Crippen molar-refractivity contribution in [1.29, 1.82) is 0 Å². The Balaban J connectivity index is 2.01. The summed E-state index contributed by atoms with van der Waals surface area (Å²) >= 11 is 13.3. The van der Waals surface area contributed by atoms with Crippen molar-refractivity contribution in [2.75, 3.05) is 0 Å². The van der Waals surface area contributed by atoms with E-state index in [1.807, 2.05) is 25.1 Å². The minimum atomic E-state index is -0.386. The predicted octanol–water partition coefficient (Wildman–Crippen LogP) is 5.04. The Labute approximate surface area is 120 Å². The molecular weight excluding hydrogens is 292 g/mol. The van der Waals surface area contributed by atoms with E-state index in [2.05, 4.69) is 5.32 Å². The number of thiophene rings is 1. The van der Waals surface area contributed by atoms with Crippen LogP contribution in [0.25, 0.3) is 0 Å². The van der Waals surface area contributed by atoms with Crippen molar-refractivity contribution in [1.82, 2.24) is 5.32 Å². The molecule has 1 N–H and O–H groups in total. The third kappa shape index (κ3) is 3.23. The highest BCUT2D eigenvalue weighted by Crippen LogP contribution is 2.27. The average molecular weight is 304 g/mol. The van der Waals surface area contributed by atoms with Crippen LogP contribution in [0, 0.1) is 5.82 Å². The Bertz CT molecular complexity index is 542. The smallest absolute Gasteiger partial charge is 0.142 e. The lowest BCUT2D eigenvalue weighted by Gasteiger charge is -2.13. The minimum Gasteiger partial charge on any atom is -0.305 e. The molecule has 0 bridgehead atoms. The molecule has 0 spiro atoms. The van der Waals surface area contributed by atoms with Crippen molar-refractivity contribution in [3.63, 3.8) is 0 Å². The lowest BCUT2D eigenvalue weighted by Crippen LogP contribution is -2.17. The Morgan fingerprint density at radius 2 is 2.06 bits per heavy atom. The van der Waals surface area contributed by atoms with E-state index in [0.29, 0.717) is 6.54 Å². The van der Waals surface area contributed by atoms with Gasteiger partial charge >= 0.3 is 0 Å². The van der Waals surface area contributed by atoms with Crippen LogP contribution in [0.5, 0.6) is 0 Å². The maximum atomic E-state index is 13.3. The molecule has 0 aliphatic rings. The average Bonchev–Trinajstić information content (AvgIpc) is 2.77. The van der Waals surface area contributed by atoms with Crippen molar-refractivity contribution in [3.05, 3.63) is 55.9 Å². The number of nitrogens with one attached hydrogen (secondary N) is 1. The van der Waals surface area contributed by atoms with Crippen molar-refractivity contribution in [3.8, 4) is 0 Å². The molecule has 0 saturated heterocycles. The third-order valence-corrected chi connectivity index (χ3v) is 4.49. The fraction of sp³-hybridized carbons (Fsp3) is 0.231. The summed E-state index contributed by atoms with van der Waals surface area (Å²) in [6.45, 7) is 2.56. The lowest BCUT2D eigenvalue weighted by atomic mass is 10.2. The highest BCUT2D eigenvalue weighted by atomic mass is 35.5. The third-order valence-electron chi connectivity index (χ3n) is 2.65. The topological polar surface area (TPSA) is 12.0 Å². The second-order valence-corrected chi connectivity index (χ2v) is 6.08. The maximum Gasteiger partial charge on any atom is 0.142 e. The van der Waals surface area contributed by atoms with Gasteiger partial charge in [0.15, 0.2) is 0 Å². The van der Waals surface area contributed by atoms with Gasteiger partial charge < -0.3 is 5.32 Å². The molecule has 0 amide bonds. The van der Waals surface area contributed by atoms with E-state index in [9.17, 15) is 4.39 Å². The van der Waals surface area contributed by atoms with E-state index < -0.39 is 0 Å². The van der Waals surface area contributed by atoms with Gasteiger partial charge in [0, 0.05) is 17.5 Å². The zero-order valence-electron chi connectivity index (χ0n) is 9.71. The fourth-order valence-electron chi connectivity index (χ4n) is 1.61. The van der Waals surface area contributed by atoms with Crippen LogP contribution >= 0.6 is 34.5 Å². The van der Waals surface area contributed by atoms with Crippen molar-refractivity contribution in [2.45, 2.75) is 19.5 Å². The van der Waals surface area contributed by atoms with Crippen LogP contribution in [0.4, 0.5) is 4.39 Å². The highest BCUT2D eigenvalue weighted by Gasteiger charge is 2.10. The number of benzene rings is 1. The molecule has 1 aromatic heterocycles. The number of hydrogen-bond acceptors (Lipinski definition) is 2. The SMILES string of the molecule is CC(NCc1cccc(F)c1Cl)c1ccc(Cl)s1. The Kier molecular flexibility index (Phi) is 4.62. The first-order valence-electron chi connectivity index (χ1n) is 5.49. The van der Waals surface area contributed by atoms with Gasteiger partial charge in [-0.3, -0.25) is 0 Å². The first kappa shape index (κ1) is 13.8. The van der Waals surface area contributed by atoms with Crippen LogP contribution in [0.3, 0.4) is 0 Å². The fourth-order valence-corrected chi connectivity index (χ4v) is 2.89. The summed E-state index contributed by atoms with van der Waals surface area (Å²) in [5.41, 5.74) is 0.756. The molecule has 96 valence electrons. The molecule has 0 aliphatic carbocycles. The van der Waals surface area contributed by atoms with Gasteiger partial charge in [-0.1, -0.05) is 35.3 Å². The number of rotatable bonds is 4. The molecule has 5 heteroatoms. The van der Waals surface area contributed by atoms with Gasteiger partial charge in [0.05, 0.1) is 9.36 Å². The summed E-state index contributed by atoms with van der Waals surface area (Å²) in [5, 5.41) is 3.48. The molecule has 0 saturated carbocycles. The monoisotopic (exact) mass is 303 g/mol. The molecule has 1 unspecified atom stereocenters. The first-order chi connectivity index (χ1) is 8.58. The Morgan fingerprint density at radius 3 is 2.72 bits per heavy atom. The largest absolute Gasteiger partial charge is 0.305 e. The second-order valence-electron chi connectivity index (χ2n) is 3.96. The number of halogens is 3. The lowest BCUT2D eigenvalue weighted by molar-refractivity contribution is 0.576. The second kappa shape index (κ2) is 6.02. The van der Waals surface area contributed by atoms with E-state index in [4.69, 9.17) is 23.2 Å². The standard InChI is InChI=1S/C13H12Cl2FNS/c1-8(11-5-6-12(14)18-11)17-7-9-3-2-4-10(16)13(9)15/h2-6,8,17H,7H2,1H3. The zero-order chi connectivity index (χ0) is 13.1. The quantitative estimate of drug-likeness (QED) is 0.834. The molecule has 0 aliphatic heterocycles. The highest BCUT2D eigenvalue weighted by molar-refractivity contribution is 7.16. The summed E-state index contributed by atoms with van der Waals surface area (Å²) in [6, 6.07) is 8.83. The molecule has 2 rings (SSSR count). The van der Waals surface area contributed by atoms with E-state index in [1.54, 1.807) is 6.07 Å². The maximum absolute atomic E-state index is 13.3. The molecule has 1 nitrogen and oxygen atoms in total. The van der Waals surface area contributed by atoms with Gasteiger partial charge in [-0.2, -0.15) is 0 Å². The van der Waals surface area contributed by atoms with Gasteiger partial charge in [-0.05, 0) is 30.7 Å². The molecular formula is C13H12Cl2FNS. The molecule has 0 radical (unpaired) electrons. The first-order valence-corrected chi connectivity index (χ1v) is 7.06. The van der Waals surface area contributed by atoms with Crippen LogP contribution in [0.15, 0.2) is 30.3 Å². The van der Waals surface area contributed by atoms with Gasteiger partial charge in [-0.25, -0.2) is 4.39 Å². The number of hydrogen-bond donors (Lipinski definition) is 1. The van der Waals surface area contributed by atoms with E-state index in [-0.39, 0.29) is 16.9 Å². The Hall–Kier alpha value is -0.610. The molecule has 1 aromatic carbocycles. The normalized spacial score (nSPS) is 12.7. The summed E-state index contributed by atoms with van der Waals surface area (Å²) in [7, 11) is 0. The summed E-state index contributed by atoms with van der Waals surface area (Å²) < 4.78 is 14.0. The van der Waals surface area contributed by atoms with Crippen LogP contribution in [0.2, 0.25) is 9.36 Å². The van der Waals surface area contributed by atoms with Crippen molar-refractivity contribution < 1.29 is 4.39 Å². The van der Waals surface area contributed by atoms with Gasteiger partial charge in [0.2, 0.25) is 0 Å². The zero-order valence-corrected chi connectivity index (χ0v) is 12.0. The molecule has 2 aromatic rings. The van der Waals surface area contributed by atoms with Crippen molar-refractivity contribution >= 4 is 34.5 Å². The van der Waals surface area contributed by atoms with Crippen LogP contribution in [-0.2, 0) is 6.54 Å². The molecule has 0 fully saturated rings. The molecule has 1 atom stereocenters. The molecule has 1 heterocycles. The van der Waals surface area contributed by atoms with Crippen LogP contribution in [0.1, 0.15) is 23.4 Å². The van der Waals surface area contributed by atoms with Crippen LogP contribution < -0.4 is 5.32 Å². The van der Waals surface area contributed by atoms with Crippen LogP contribution in [-0.4, -0.2) is 0 Å². The van der Waals surface area contributed by atoms with Gasteiger partial charge in [0.1, 0.15) is 5.82 Å². The van der Waals surface area contributed by atoms with Gasteiger partial charge in [-0.15, -0.1) is 11.3 Å². The van der Waals surface area contributed by atoms with Crippen molar-refractivity contribution in [2.24, 2.45) is 0 Å². The molecule has 18 heavy (non-hydrogen) atoms. The van der Waals surface area contributed by atoms with E-state index in [1.165, 1.54) is 17.4 Å². The van der Waals surface area contributed by atoms with E-state index >= 15 is 0 Å². The summed E-state index contributed by atoms with van der Waals surface area (Å²) in [5.74, 6) is -0.386. The predicted molar refractivity (Wildman–Crippen MR) is 76.0 cm³/mol. The Morgan fingerprint density at radius 1 is 1.28 bits per heavy atom. The van der Waals surface area contributed by atoms with Gasteiger partial charge in [0.25, 0.3) is 0 Å². The summed E-state index contributed by atoms with van der Waals surface area (Å²) in [6.07, 6.45) is 0. The minimum absolute atomic E-state index is 0.154.